The standard InChI is InChI=1S/C46H59N9O9S2/c1-7-64-44(60)38-41(51-45(65-6)53-52-38)49-34-9-8-10-35-33(34)15-17-54(35)18-20-62-22-24-63-23-21-61-19-16-37(57)50-40(46(3,4)5)43(59)55-27-32(56)25-36(55)42(58)47-26-30-11-13-31(14-12-30)39-29(2)48-28-66-39/h8-15,17,28,32,36,40,56H,7,16,18-27H2,1-6H3,(H,47,58)(H,50,57)(H,49,51,53)/t32-,36+,40-/m1/s1. The van der Waals surface area contributed by atoms with Crippen LogP contribution in [-0.4, -0.2) is 136 Å². The number of ether oxygens (including phenoxy) is 4. The Bertz CT molecular complexity index is 2420. The van der Waals surface area contributed by atoms with E-state index in [1.807, 2.05) is 94.2 Å². The Morgan fingerprint density at radius 2 is 1.70 bits per heavy atom. The molecule has 4 heterocycles. The molecule has 0 radical (unpaired) electrons. The molecule has 0 aliphatic carbocycles. The molecule has 0 spiro atoms. The van der Waals surface area contributed by atoms with Crippen molar-refractivity contribution in [3.05, 3.63) is 77.2 Å². The Labute approximate surface area is 392 Å². The van der Waals surface area contributed by atoms with E-state index in [4.69, 9.17) is 18.9 Å². The van der Waals surface area contributed by atoms with E-state index < -0.39 is 35.5 Å². The smallest absolute Gasteiger partial charge is 0.362 e. The largest absolute Gasteiger partial charge is 0.461 e. The molecule has 2 aromatic carbocycles. The molecule has 3 amide bonds. The first-order valence-electron chi connectivity index (χ1n) is 21.9. The lowest BCUT2D eigenvalue weighted by Crippen LogP contribution is -2.57. The molecular formula is C46H59N9O9S2. The molecule has 0 unspecified atom stereocenters. The number of aliphatic hydroxyl groups is 1. The number of esters is 1. The zero-order chi connectivity index (χ0) is 47.2. The fourth-order valence-electron chi connectivity index (χ4n) is 7.36. The van der Waals surface area contributed by atoms with Crippen molar-refractivity contribution in [2.45, 2.75) is 83.9 Å². The Morgan fingerprint density at radius 3 is 2.38 bits per heavy atom. The van der Waals surface area contributed by atoms with E-state index in [9.17, 15) is 24.3 Å². The van der Waals surface area contributed by atoms with E-state index in [2.05, 4.69) is 40.7 Å². The highest BCUT2D eigenvalue weighted by Crippen LogP contribution is 2.30. The van der Waals surface area contributed by atoms with Gasteiger partial charge in [-0.1, -0.05) is 62.9 Å². The second kappa shape index (κ2) is 23.8. The lowest BCUT2D eigenvalue weighted by atomic mass is 9.85. The average molecular weight is 946 g/mol. The highest BCUT2D eigenvalue weighted by Gasteiger charge is 2.44. The molecule has 1 fully saturated rings. The van der Waals surface area contributed by atoms with Gasteiger partial charge in [-0.2, -0.15) is 0 Å². The third-order valence-electron chi connectivity index (χ3n) is 10.8. The number of nitrogens with zero attached hydrogens (tertiary/aromatic N) is 6. The van der Waals surface area contributed by atoms with E-state index in [-0.39, 0.29) is 69.1 Å². The number of β-amino-alcohol motifs (C(OH)–C–C–N with tert-alkyl or cyclic N) is 1. The summed E-state index contributed by atoms with van der Waals surface area (Å²) >= 11 is 2.89. The fourth-order valence-corrected chi connectivity index (χ4v) is 8.48. The quantitative estimate of drug-likeness (QED) is 0.0378. The lowest BCUT2D eigenvalue weighted by molar-refractivity contribution is -0.144. The number of nitrogens with one attached hydrogen (secondary N) is 3. The molecule has 3 atom stereocenters. The number of anilines is 2. The van der Waals surface area contributed by atoms with E-state index >= 15 is 0 Å². The normalized spacial score (nSPS) is 15.5. The summed E-state index contributed by atoms with van der Waals surface area (Å²) in [4.78, 5) is 64.2. The molecule has 66 heavy (non-hydrogen) atoms. The monoisotopic (exact) mass is 945 g/mol. The number of fused-ring (bicyclic) bond motifs is 1. The number of thiazole rings is 1. The summed E-state index contributed by atoms with van der Waals surface area (Å²) in [5.74, 6) is -1.50. The summed E-state index contributed by atoms with van der Waals surface area (Å²) in [6.07, 6.45) is 3.06. The van der Waals surface area contributed by atoms with Crippen LogP contribution in [0.15, 0.2) is 65.4 Å². The number of hydrogen-bond donors (Lipinski definition) is 4. The number of benzene rings is 2. The van der Waals surface area contributed by atoms with Crippen molar-refractivity contribution < 1.29 is 43.2 Å². The highest BCUT2D eigenvalue weighted by molar-refractivity contribution is 7.98. The molecule has 3 aromatic heterocycles. The maximum atomic E-state index is 14.0. The molecule has 0 saturated carbocycles. The molecule has 4 N–H and O–H groups in total. The van der Waals surface area contributed by atoms with Crippen molar-refractivity contribution in [2.75, 3.05) is 64.4 Å². The molecule has 5 aromatic rings. The lowest BCUT2D eigenvalue weighted by Gasteiger charge is -2.35. The third-order valence-corrected chi connectivity index (χ3v) is 12.3. The van der Waals surface area contributed by atoms with Crippen LogP contribution in [0, 0.1) is 12.3 Å². The maximum absolute atomic E-state index is 14.0. The van der Waals surface area contributed by atoms with Gasteiger partial charge in [-0.3, -0.25) is 14.4 Å². The zero-order valence-electron chi connectivity index (χ0n) is 38.2. The van der Waals surface area contributed by atoms with Gasteiger partial charge in [0.2, 0.25) is 28.6 Å². The summed E-state index contributed by atoms with van der Waals surface area (Å²) in [6.45, 7) is 12.2. The van der Waals surface area contributed by atoms with Crippen LogP contribution in [-0.2, 0) is 46.4 Å². The summed E-state index contributed by atoms with van der Waals surface area (Å²) in [5, 5.41) is 29.0. The van der Waals surface area contributed by atoms with Crippen LogP contribution >= 0.6 is 23.1 Å². The minimum Gasteiger partial charge on any atom is -0.461 e. The zero-order valence-corrected chi connectivity index (χ0v) is 39.8. The Hall–Kier alpha value is -5.51. The van der Waals surface area contributed by atoms with Gasteiger partial charge in [-0.05, 0) is 54.8 Å². The van der Waals surface area contributed by atoms with Gasteiger partial charge in [0.25, 0.3) is 0 Å². The van der Waals surface area contributed by atoms with Gasteiger partial charge in [0, 0.05) is 49.7 Å². The summed E-state index contributed by atoms with van der Waals surface area (Å²) in [6, 6.07) is 13.9. The van der Waals surface area contributed by atoms with E-state index in [1.165, 1.54) is 16.7 Å². The number of carbonyl (C=O) groups is 4. The van der Waals surface area contributed by atoms with Crippen molar-refractivity contribution in [1.82, 2.24) is 40.3 Å². The highest BCUT2D eigenvalue weighted by atomic mass is 32.2. The molecule has 1 aliphatic rings. The molecule has 18 nitrogen and oxygen atoms in total. The van der Waals surface area contributed by atoms with Crippen LogP contribution in [0.3, 0.4) is 0 Å². The summed E-state index contributed by atoms with van der Waals surface area (Å²) in [7, 11) is 0. The van der Waals surface area contributed by atoms with Gasteiger partial charge >= 0.3 is 5.97 Å². The number of aromatic nitrogens is 5. The second-order valence-electron chi connectivity index (χ2n) is 16.6. The summed E-state index contributed by atoms with van der Waals surface area (Å²) in [5.41, 5.74) is 5.76. The third kappa shape index (κ3) is 13.3. The van der Waals surface area contributed by atoms with Crippen molar-refractivity contribution in [1.29, 1.82) is 0 Å². The minimum atomic E-state index is -0.934. The van der Waals surface area contributed by atoms with Gasteiger partial charge in [-0.15, -0.1) is 21.5 Å². The van der Waals surface area contributed by atoms with Crippen molar-refractivity contribution in [3.63, 3.8) is 0 Å². The van der Waals surface area contributed by atoms with Gasteiger partial charge < -0.3 is 49.5 Å². The Kier molecular flexibility index (Phi) is 18.0. The van der Waals surface area contributed by atoms with Gasteiger partial charge in [-0.25, -0.2) is 14.8 Å². The van der Waals surface area contributed by atoms with Gasteiger partial charge in [0.1, 0.15) is 12.1 Å². The Morgan fingerprint density at radius 1 is 0.970 bits per heavy atom. The van der Waals surface area contributed by atoms with Crippen LogP contribution in [0.5, 0.6) is 0 Å². The van der Waals surface area contributed by atoms with Crippen molar-refractivity contribution in [3.8, 4) is 10.4 Å². The number of aliphatic hydroxyl groups excluding tert-OH is 1. The van der Waals surface area contributed by atoms with Gasteiger partial charge in [0.05, 0.1) is 74.0 Å². The van der Waals surface area contributed by atoms with Crippen LogP contribution < -0.4 is 16.0 Å². The first-order chi connectivity index (χ1) is 31.8. The molecule has 354 valence electrons. The first-order valence-corrected chi connectivity index (χ1v) is 24.0. The predicted octanol–water partition coefficient (Wildman–Crippen LogP) is 5.15. The number of hydrogen-bond acceptors (Lipinski definition) is 16. The van der Waals surface area contributed by atoms with Crippen LogP contribution in [0.4, 0.5) is 11.5 Å². The van der Waals surface area contributed by atoms with Crippen LogP contribution in [0.1, 0.15) is 62.3 Å². The number of amides is 3. The van der Waals surface area contributed by atoms with Crippen molar-refractivity contribution >= 4 is 69.2 Å². The van der Waals surface area contributed by atoms with Crippen LogP contribution in [0.2, 0.25) is 0 Å². The topological polar surface area (TPSA) is 221 Å². The Balaban J connectivity index is 0.873. The number of likely N-dealkylation sites (tertiary alicyclic amines) is 1. The molecule has 1 aliphatic heterocycles. The SMILES string of the molecule is CCOC(=O)c1nnc(SC)nc1Nc1cccc2c1ccn2CCOCCOCCOCCC(=O)N[C@H](C(=O)N1C[C@H](O)C[C@H]1C(=O)NCc1ccc(-c2scnc2C)cc1)C(C)(C)C. The molecule has 6 rings (SSSR count). The average Bonchev–Trinajstić information content (AvgIpc) is 4.04. The van der Waals surface area contributed by atoms with Gasteiger partial charge in [0.15, 0.2) is 5.82 Å². The van der Waals surface area contributed by atoms with E-state index in [1.54, 1.807) is 18.3 Å². The first kappa shape index (κ1) is 49.9. The van der Waals surface area contributed by atoms with Crippen molar-refractivity contribution in [2.24, 2.45) is 5.41 Å². The molecule has 1 saturated heterocycles. The maximum Gasteiger partial charge on any atom is 0.362 e. The van der Waals surface area contributed by atoms with E-state index in [0.717, 1.165) is 38.3 Å². The predicted molar refractivity (Wildman–Crippen MR) is 252 cm³/mol. The number of aryl methyl sites for hydroxylation is 1. The fraction of sp³-hybridized carbons (Fsp3) is 0.478. The summed E-state index contributed by atoms with van der Waals surface area (Å²) < 4.78 is 24.3. The number of carbonyl (C=O) groups excluding carboxylic acids is 4. The number of rotatable bonds is 23. The molecule has 20 heteroatoms. The van der Waals surface area contributed by atoms with E-state index in [0.29, 0.717) is 38.1 Å². The molecule has 0 bridgehead atoms. The second-order valence-corrected chi connectivity index (χ2v) is 18.2. The number of thioether (sulfide) groups is 1. The minimum absolute atomic E-state index is 0.00713. The molecular weight excluding hydrogens is 887 g/mol. The van der Waals surface area contributed by atoms with Crippen LogP contribution in [0.25, 0.3) is 21.3 Å².